The zero-order chi connectivity index (χ0) is 8.60. The molecule has 0 bridgehead atoms. The monoisotopic (exact) mass is 184 g/mol. The van der Waals surface area contributed by atoms with Crippen LogP contribution in [-0.2, 0) is 5.54 Å². The van der Waals surface area contributed by atoms with Gasteiger partial charge in [-0.1, -0.05) is 0 Å². The van der Waals surface area contributed by atoms with Crippen molar-refractivity contribution < 1.29 is 1.43 Å². The van der Waals surface area contributed by atoms with Gasteiger partial charge in [0.2, 0.25) is 0 Å². The normalized spacial score (nSPS) is 20.5. The molecule has 2 rings (SSSR count). The van der Waals surface area contributed by atoms with E-state index in [4.69, 9.17) is 0 Å². The van der Waals surface area contributed by atoms with Crippen molar-refractivity contribution in [2.75, 3.05) is 7.05 Å². The molecule has 0 amide bonds. The van der Waals surface area contributed by atoms with E-state index in [9.17, 15) is 0 Å². The lowest BCUT2D eigenvalue weighted by Gasteiger charge is -2.39. The van der Waals surface area contributed by atoms with Crippen LogP contribution in [0.2, 0.25) is 0 Å². The molecule has 2 nitrogen and oxygen atoms in total. The largest absolute Gasteiger partial charge is 0.308 e. The van der Waals surface area contributed by atoms with Gasteiger partial charge in [-0.3, -0.25) is 0 Å². The second-order valence-corrected chi connectivity index (χ2v) is 4.34. The Labute approximate surface area is 78.5 Å². The Hall–Kier alpha value is -0.410. The van der Waals surface area contributed by atoms with Crippen LogP contribution in [0.25, 0.3) is 0 Å². The molecule has 1 aromatic heterocycles. The summed E-state index contributed by atoms with van der Waals surface area (Å²) in [6.07, 6.45) is 3.83. The van der Waals surface area contributed by atoms with Crippen molar-refractivity contribution in [1.82, 2.24) is 10.3 Å². The first-order valence-corrected chi connectivity index (χ1v) is 5.26. The van der Waals surface area contributed by atoms with Gasteiger partial charge < -0.3 is 5.32 Å². The minimum Gasteiger partial charge on any atom is -0.308 e. The summed E-state index contributed by atoms with van der Waals surface area (Å²) >= 11 is 1.78. The number of aromatic nitrogens is 1. The Bertz CT molecular complexity index is 275. The number of aryl methyl sites for hydroxylation is 1. The SMILES string of the molecule is CNC1(c2nc(C)cs2)CCC1.[HH]. The van der Waals surface area contributed by atoms with Crippen LogP contribution in [0.4, 0.5) is 0 Å². The van der Waals surface area contributed by atoms with Crippen LogP contribution in [0.3, 0.4) is 0 Å². The Morgan fingerprint density at radius 2 is 2.42 bits per heavy atom. The van der Waals surface area contributed by atoms with Crippen LogP contribution in [-0.4, -0.2) is 12.0 Å². The Morgan fingerprint density at radius 1 is 1.67 bits per heavy atom. The van der Waals surface area contributed by atoms with E-state index in [-0.39, 0.29) is 6.97 Å². The van der Waals surface area contributed by atoms with Crippen LogP contribution in [0.1, 0.15) is 31.4 Å². The van der Waals surface area contributed by atoms with Crippen molar-refractivity contribution in [2.45, 2.75) is 31.7 Å². The Kier molecular flexibility index (Phi) is 1.93. The number of nitrogens with one attached hydrogen (secondary N) is 1. The number of hydrogen-bond donors (Lipinski definition) is 1. The van der Waals surface area contributed by atoms with E-state index in [1.165, 1.54) is 24.3 Å². The standard InChI is InChI=1S/C9H14N2S.H2/c1-7-6-12-8(11-7)9(10-2)4-3-5-9;/h6,10H,3-5H2,1-2H3;1H. The molecule has 0 unspecified atom stereocenters. The highest BCUT2D eigenvalue weighted by molar-refractivity contribution is 7.09. The van der Waals surface area contributed by atoms with Crippen molar-refractivity contribution in [2.24, 2.45) is 0 Å². The van der Waals surface area contributed by atoms with E-state index in [2.05, 4.69) is 22.6 Å². The van der Waals surface area contributed by atoms with Crippen LogP contribution < -0.4 is 5.32 Å². The van der Waals surface area contributed by atoms with Gasteiger partial charge in [-0.15, -0.1) is 11.3 Å². The van der Waals surface area contributed by atoms with Crippen molar-refractivity contribution in [1.29, 1.82) is 0 Å². The van der Waals surface area contributed by atoms with Gasteiger partial charge in [-0.05, 0) is 33.2 Å². The van der Waals surface area contributed by atoms with E-state index in [1.54, 1.807) is 11.3 Å². The molecule has 12 heavy (non-hydrogen) atoms. The van der Waals surface area contributed by atoms with E-state index in [0.29, 0.717) is 0 Å². The second-order valence-electron chi connectivity index (χ2n) is 3.48. The topological polar surface area (TPSA) is 24.9 Å². The van der Waals surface area contributed by atoms with Crippen molar-refractivity contribution in [3.05, 3.63) is 16.1 Å². The highest BCUT2D eigenvalue weighted by atomic mass is 32.1. The molecule has 0 aromatic carbocycles. The lowest BCUT2D eigenvalue weighted by atomic mass is 9.77. The predicted octanol–water partition coefficient (Wildman–Crippen LogP) is 2.30. The molecule has 0 aliphatic heterocycles. The van der Waals surface area contributed by atoms with Gasteiger partial charge in [0.1, 0.15) is 5.01 Å². The van der Waals surface area contributed by atoms with E-state index >= 15 is 0 Å². The predicted molar refractivity (Wildman–Crippen MR) is 53.6 cm³/mol. The maximum Gasteiger partial charge on any atom is 0.113 e. The third-order valence-electron chi connectivity index (χ3n) is 2.71. The summed E-state index contributed by atoms with van der Waals surface area (Å²) in [7, 11) is 2.04. The third kappa shape index (κ3) is 1.08. The summed E-state index contributed by atoms with van der Waals surface area (Å²) in [5.74, 6) is 0. The number of thiazole rings is 1. The fourth-order valence-corrected chi connectivity index (χ4v) is 2.74. The highest BCUT2D eigenvalue weighted by Gasteiger charge is 2.39. The second kappa shape index (κ2) is 2.82. The highest BCUT2D eigenvalue weighted by Crippen LogP contribution is 2.41. The molecule has 1 N–H and O–H groups in total. The molecule has 68 valence electrons. The van der Waals surface area contributed by atoms with Gasteiger partial charge in [0.25, 0.3) is 0 Å². The smallest absolute Gasteiger partial charge is 0.113 e. The zero-order valence-electron chi connectivity index (χ0n) is 7.55. The third-order valence-corrected chi connectivity index (χ3v) is 3.88. The maximum atomic E-state index is 4.53. The molecular formula is C9H16N2S. The number of nitrogens with zero attached hydrogens (tertiary/aromatic N) is 1. The number of hydrogen-bond acceptors (Lipinski definition) is 3. The minimum atomic E-state index is 0. The summed E-state index contributed by atoms with van der Waals surface area (Å²) < 4.78 is 0. The Morgan fingerprint density at radius 3 is 2.75 bits per heavy atom. The lowest BCUT2D eigenvalue weighted by Crippen LogP contribution is -2.45. The first kappa shape index (κ1) is 8.20. The fraction of sp³-hybridized carbons (Fsp3) is 0.667. The van der Waals surface area contributed by atoms with Gasteiger partial charge >= 0.3 is 0 Å². The van der Waals surface area contributed by atoms with Gasteiger partial charge in [0, 0.05) is 12.5 Å². The summed E-state index contributed by atoms with van der Waals surface area (Å²) in [4.78, 5) is 4.53. The molecule has 1 heterocycles. The molecule has 0 saturated heterocycles. The van der Waals surface area contributed by atoms with Gasteiger partial charge in [-0.25, -0.2) is 4.98 Å². The average Bonchev–Trinajstić information content (AvgIpc) is 2.35. The average molecular weight is 184 g/mol. The summed E-state index contributed by atoms with van der Waals surface area (Å²) in [5.41, 5.74) is 1.38. The quantitative estimate of drug-likeness (QED) is 0.763. The van der Waals surface area contributed by atoms with Crippen molar-refractivity contribution in [3.63, 3.8) is 0 Å². The molecule has 1 fully saturated rings. The first-order valence-electron chi connectivity index (χ1n) is 4.38. The minimum absolute atomic E-state index is 0. The van der Waals surface area contributed by atoms with Crippen LogP contribution in [0.15, 0.2) is 5.38 Å². The van der Waals surface area contributed by atoms with E-state index < -0.39 is 0 Å². The van der Waals surface area contributed by atoms with E-state index in [0.717, 1.165) is 5.69 Å². The zero-order valence-corrected chi connectivity index (χ0v) is 8.37. The molecule has 3 heteroatoms. The molecule has 1 aliphatic rings. The molecule has 1 saturated carbocycles. The van der Waals surface area contributed by atoms with Crippen molar-refractivity contribution in [3.8, 4) is 0 Å². The van der Waals surface area contributed by atoms with Crippen LogP contribution >= 0.6 is 11.3 Å². The molecule has 1 aromatic rings. The van der Waals surface area contributed by atoms with Gasteiger partial charge in [-0.2, -0.15) is 0 Å². The lowest BCUT2D eigenvalue weighted by molar-refractivity contribution is 0.200. The summed E-state index contributed by atoms with van der Waals surface area (Å²) in [6.45, 7) is 2.06. The summed E-state index contributed by atoms with van der Waals surface area (Å²) in [6, 6.07) is 0. The molecule has 0 atom stereocenters. The van der Waals surface area contributed by atoms with Crippen molar-refractivity contribution >= 4 is 11.3 Å². The van der Waals surface area contributed by atoms with Crippen LogP contribution in [0, 0.1) is 6.92 Å². The van der Waals surface area contributed by atoms with Crippen LogP contribution in [0.5, 0.6) is 0 Å². The van der Waals surface area contributed by atoms with E-state index in [1.807, 2.05) is 7.05 Å². The molecule has 0 spiro atoms. The van der Waals surface area contributed by atoms with Gasteiger partial charge in [0.05, 0.1) is 5.54 Å². The summed E-state index contributed by atoms with van der Waals surface area (Å²) in [5, 5.41) is 6.80. The number of rotatable bonds is 2. The molecule has 1 aliphatic carbocycles. The maximum absolute atomic E-state index is 4.53. The first-order chi connectivity index (χ1) is 5.77. The molecular weight excluding hydrogens is 168 g/mol. The fourth-order valence-electron chi connectivity index (χ4n) is 1.67. The molecule has 0 radical (unpaired) electrons. The Balaban J connectivity index is 0.000000845. The van der Waals surface area contributed by atoms with Gasteiger partial charge in [0.15, 0.2) is 0 Å².